The first-order valence-electron chi connectivity index (χ1n) is 5.49. The van der Waals surface area contributed by atoms with E-state index in [0.717, 1.165) is 12.8 Å². The lowest BCUT2D eigenvalue weighted by molar-refractivity contribution is -0.154. The summed E-state index contributed by atoms with van der Waals surface area (Å²) in [5.41, 5.74) is 0. The van der Waals surface area contributed by atoms with Crippen molar-refractivity contribution in [1.29, 1.82) is 0 Å². The molecule has 14 heavy (non-hydrogen) atoms. The zero-order valence-corrected chi connectivity index (χ0v) is 9.71. The average molecular weight is 202 g/mol. The van der Waals surface area contributed by atoms with Crippen LogP contribution in [0.2, 0.25) is 0 Å². The van der Waals surface area contributed by atoms with Crippen molar-refractivity contribution in [2.24, 2.45) is 5.92 Å². The van der Waals surface area contributed by atoms with Gasteiger partial charge in [-0.3, -0.25) is 4.79 Å². The first-order chi connectivity index (χ1) is 6.71. The number of ether oxygens (including phenoxy) is 2. The maximum Gasteiger partial charge on any atom is 0.311 e. The average Bonchev–Trinajstić information content (AvgIpc) is 2.18. The van der Waals surface area contributed by atoms with Gasteiger partial charge in [0.25, 0.3) is 0 Å². The molecule has 0 saturated heterocycles. The van der Waals surface area contributed by atoms with Crippen molar-refractivity contribution in [3.8, 4) is 0 Å². The third kappa shape index (κ3) is 4.09. The van der Waals surface area contributed by atoms with Gasteiger partial charge in [-0.05, 0) is 26.7 Å². The molecule has 0 rings (SSSR count). The van der Waals surface area contributed by atoms with Crippen LogP contribution in [0.1, 0.15) is 40.5 Å². The Labute approximate surface area is 86.8 Å². The molecule has 0 aliphatic rings. The highest BCUT2D eigenvalue weighted by molar-refractivity contribution is 5.73. The van der Waals surface area contributed by atoms with Gasteiger partial charge in [-0.15, -0.1) is 0 Å². The number of rotatable bonds is 7. The Kier molecular flexibility index (Phi) is 7.48. The Hall–Kier alpha value is -0.570. The number of hydrogen-bond acceptors (Lipinski definition) is 3. The fourth-order valence-corrected chi connectivity index (χ4v) is 1.56. The van der Waals surface area contributed by atoms with Crippen LogP contribution >= 0.6 is 0 Å². The van der Waals surface area contributed by atoms with Crippen molar-refractivity contribution in [2.75, 3.05) is 13.2 Å². The molecule has 0 saturated carbocycles. The highest BCUT2D eigenvalue weighted by Crippen LogP contribution is 2.17. The smallest absolute Gasteiger partial charge is 0.311 e. The van der Waals surface area contributed by atoms with E-state index < -0.39 is 0 Å². The van der Waals surface area contributed by atoms with Crippen LogP contribution in [-0.2, 0) is 14.3 Å². The summed E-state index contributed by atoms with van der Waals surface area (Å²) in [5, 5.41) is 0. The van der Waals surface area contributed by atoms with E-state index in [1.54, 1.807) is 0 Å². The van der Waals surface area contributed by atoms with Crippen LogP contribution in [0.4, 0.5) is 0 Å². The maximum atomic E-state index is 11.5. The van der Waals surface area contributed by atoms with E-state index in [0.29, 0.717) is 13.2 Å². The first kappa shape index (κ1) is 13.4. The molecule has 0 aromatic carbocycles. The summed E-state index contributed by atoms with van der Waals surface area (Å²) in [6.45, 7) is 8.88. The van der Waals surface area contributed by atoms with E-state index in [9.17, 15) is 4.79 Å². The van der Waals surface area contributed by atoms with Gasteiger partial charge in [0.2, 0.25) is 0 Å². The SMILES string of the molecule is CCOC(=O)C(CC)C(CC)OCC. The molecule has 0 N–H and O–H groups in total. The molecule has 84 valence electrons. The Morgan fingerprint density at radius 2 is 1.71 bits per heavy atom. The number of carbonyl (C=O) groups excluding carboxylic acids is 1. The molecular formula is C11H22O3. The second-order valence-electron chi connectivity index (χ2n) is 3.17. The molecule has 0 heterocycles. The monoisotopic (exact) mass is 202 g/mol. The molecule has 0 bridgehead atoms. The first-order valence-corrected chi connectivity index (χ1v) is 5.49. The summed E-state index contributed by atoms with van der Waals surface area (Å²) in [6.07, 6.45) is 1.63. The normalized spacial score (nSPS) is 14.9. The molecule has 0 spiro atoms. The Morgan fingerprint density at radius 3 is 2.07 bits per heavy atom. The molecule has 3 nitrogen and oxygen atoms in total. The third-order valence-corrected chi connectivity index (χ3v) is 2.26. The van der Waals surface area contributed by atoms with Gasteiger partial charge in [0.1, 0.15) is 0 Å². The zero-order valence-electron chi connectivity index (χ0n) is 9.71. The lowest BCUT2D eigenvalue weighted by atomic mass is 9.97. The molecule has 0 aliphatic heterocycles. The van der Waals surface area contributed by atoms with E-state index in [1.165, 1.54) is 0 Å². The summed E-state index contributed by atoms with van der Waals surface area (Å²) < 4.78 is 10.5. The standard InChI is InChI=1S/C11H22O3/c1-5-9(11(12)14-8-4)10(6-2)13-7-3/h9-10H,5-8H2,1-4H3. The molecule has 3 heteroatoms. The van der Waals surface area contributed by atoms with Gasteiger partial charge in [-0.25, -0.2) is 0 Å². The molecule has 2 unspecified atom stereocenters. The zero-order chi connectivity index (χ0) is 11.0. The van der Waals surface area contributed by atoms with Crippen LogP contribution in [0, 0.1) is 5.92 Å². The fraction of sp³-hybridized carbons (Fsp3) is 0.909. The predicted octanol–water partition coefficient (Wildman–Crippen LogP) is 2.39. The van der Waals surface area contributed by atoms with Crippen LogP contribution in [0.3, 0.4) is 0 Å². The van der Waals surface area contributed by atoms with Gasteiger partial charge in [0, 0.05) is 6.61 Å². The van der Waals surface area contributed by atoms with E-state index >= 15 is 0 Å². The largest absolute Gasteiger partial charge is 0.466 e. The molecular weight excluding hydrogens is 180 g/mol. The van der Waals surface area contributed by atoms with Crippen LogP contribution in [0.5, 0.6) is 0 Å². The van der Waals surface area contributed by atoms with Gasteiger partial charge in [-0.2, -0.15) is 0 Å². The minimum atomic E-state index is -0.129. The minimum absolute atomic E-state index is 0.00375. The third-order valence-electron chi connectivity index (χ3n) is 2.26. The van der Waals surface area contributed by atoms with Gasteiger partial charge < -0.3 is 9.47 Å². The Balaban J connectivity index is 4.26. The van der Waals surface area contributed by atoms with Crippen molar-refractivity contribution >= 4 is 5.97 Å². The molecule has 0 aromatic heterocycles. The topological polar surface area (TPSA) is 35.5 Å². The van der Waals surface area contributed by atoms with Crippen molar-refractivity contribution in [2.45, 2.75) is 46.6 Å². The molecule has 0 aliphatic carbocycles. The summed E-state index contributed by atoms with van der Waals surface area (Å²) in [5.74, 6) is -0.241. The Bertz CT molecular complexity index is 157. The van der Waals surface area contributed by atoms with E-state index in [-0.39, 0.29) is 18.0 Å². The van der Waals surface area contributed by atoms with Crippen LogP contribution in [-0.4, -0.2) is 25.3 Å². The second-order valence-corrected chi connectivity index (χ2v) is 3.17. The van der Waals surface area contributed by atoms with E-state index in [1.807, 2.05) is 27.7 Å². The quantitative estimate of drug-likeness (QED) is 0.595. The minimum Gasteiger partial charge on any atom is -0.466 e. The molecule has 0 fully saturated rings. The highest BCUT2D eigenvalue weighted by atomic mass is 16.5. The summed E-state index contributed by atoms with van der Waals surface area (Å²) in [7, 11) is 0. The van der Waals surface area contributed by atoms with Crippen molar-refractivity contribution in [3.63, 3.8) is 0 Å². The number of hydrogen-bond donors (Lipinski definition) is 0. The summed E-state index contributed by atoms with van der Waals surface area (Å²) in [6, 6.07) is 0. The molecule has 0 radical (unpaired) electrons. The molecule has 2 atom stereocenters. The molecule has 0 amide bonds. The van der Waals surface area contributed by atoms with Gasteiger partial charge in [0.15, 0.2) is 0 Å². The van der Waals surface area contributed by atoms with Crippen LogP contribution in [0.15, 0.2) is 0 Å². The van der Waals surface area contributed by atoms with Crippen LogP contribution in [0.25, 0.3) is 0 Å². The highest BCUT2D eigenvalue weighted by Gasteiger charge is 2.26. The lowest BCUT2D eigenvalue weighted by Gasteiger charge is -2.23. The van der Waals surface area contributed by atoms with Gasteiger partial charge >= 0.3 is 5.97 Å². The van der Waals surface area contributed by atoms with Crippen LogP contribution < -0.4 is 0 Å². The lowest BCUT2D eigenvalue weighted by Crippen LogP contribution is -2.31. The van der Waals surface area contributed by atoms with Crippen molar-refractivity contribution in [3.05, 3.63) is 0 Å². The van der Waals surface area contributed by atoms with Gasteiger partial charge in [0.05, 0.1) is 18.6 Å². The number of esters is 1. The van der Waals surface area contributed by atoms with Gasteiger partial charge in [-0.1, -0.05) is 13.8 Å². The van der Waals surface area contributed by atoms with Crippen molar-refractivity contribution in [1.82, 2.24) is 0 Å². The Morgan fingerprint density at radius 1 is 1.07 bits per heavy atom. The molecule has 0 aromatic rings. The predicted molar refractivity (Wildman–Crippen MR) is 56.1 cm³/mol. The fourth-order valence-electron chi connectivity index (χ4n) is 1.56. The second kappa shape index (κ2) is 7.80. The maximum absolute atomic E-state index is 11.5. The van der Waals surface area contributed by atoms with E-state index in [2.05, 4.69) is 0 Å². The van der Waals surface area contributed by atoms with Crippen molar-refractivity contribution < 1.29 is 14.3 Å². The van der Waals surface area contributed by atoms with E-state index in [4.69, 9.17) is 9.47 Å². The summed E-state index contributed by atoms with van der Waals surface area (Å²) >= 11 is 0. The summed E-state index contributed by atoms with van der Waals surface area (Å²) in [4.78, 5) is 11.5. The number of carbonyl (C=O) groups is 1.